The summed E-state index contributed by atoms with van der Waals surface area (Å²) in [5.41, 5.74) is 2.04. The van der Waals surface area contributed by atoms with E-state index in [-0.39, 0.29) is 6.61 Å². The highest BCUT2D eigenvalue weighted by Crippen LogP contribution is 2.12. The molecule has 1 aliphatic carbocycles. The van der Waals surface area contributed by atoms with Crippen molar-refractivity contribution in [3.8, 4) is 0 Å². The van der Waals surface area contributed by atoms with Crippen molar-refractivity contribution in [1.29, 1.82) is 0 Å². The Hall–Kier alpha value is -1.92. The van der Waals surface area contributed by atoms with E-state index in [4.69, 9.17) is 9.47 Å². The van der Waals surface area contributed by atoms with Gasteiger partial charge in [0.1, 0.15) is 5.76 Å². The fourth-order valence-electron chi connectivity index (χ4n) is 2.01. The van der Waals surface area contributed by atoms with Gasteiger partial charge in [0.25, 0.3) is 0 Å². The highest BCUT2D eigenvalue weighted by molar-refractivity contribution is 9.10. The van der Waals surface area contributed by atoms with E-state index in [0.29, 0.717) is 31.9 Å². The first-order valence-electron chi connectivity index (χ1n) is 7.60. The molecule has 0 radical (unpaired) electrons. The number of halogens is 1. The van der Waals surface area contributed by atoms with Crippen molar-refractivity contribution in [2.75, 3.05) is 26.9 Å². The first-order valence-corrected chi connectivity index (χ1v) is 8.39. The number of carbonyl (C=O) groups is 1. The lowest BCUT2D eigenvalue weighted by molar-refractivity contribution is -0.144. The van der Waals surface area contributed by atoms with Crippen LogP contribution < -0.4 is 0 Å². The molecule has 2 rings (SSSR count). The number of allylic oxidation sites excluding steroid dienone is 4. The topological polar surface area (TPSA) is 57.1 Å². The lowest BCUT2D eigenvalue weighted by Gasteiger charge is -2.12. The second-order valence-corrected chi connectivity index (χ2v) is 6.00. The van der Waals surface area contributed by atoms with Crippen LogP contribution >= 0.6 is 15.9 Å². The molecule has 0 amide bonds. The Morgan fingerprint density at radius 1 is 1.29 bits per heavy atom. The molecule has 5 nitrogen and oxygen atoms in total. The number of rotatable bonds is 8. The number of aliphatic imine (C=N–C) groups is 1. The Morgan fingerprint density at radius 2 is 2.08 bits per heavy atom. The van der Waals surface area contributed by atoms with Crippen LogP contribution in [0.25, 0.3) is 0 Å². The van der Waals surface area contributed by atoms with Gasteiger partial charge in [-0.25, -0.2) is 4.79 Å². The van der Waals surface area contributed by atoms with E-state index >= 15 is 0 Å². The number of carbonyl (C=O) groups excluding carboxylic acids is 1. The summed E-state index contributed by atoms with van der Waals surface area (Å²) >= 11 is 3.40. The molecular formula is C18H20BrNO4. The zero-order chi connectivity index (χ0) is 17.2. The number of ether oxygens (including phenoxy) is 3. The van der Waals surface area contributed by atoms with Gasteiger partial charge >= 0.3 is 5.97 Å². The van der Waals surface area contributed by atoms with E-state index in [1.165, 1.54) is 7.11 Å². The summed E-state index contributed by atoms with van der Waals surface area (Å²) in [7, 11) is 1.34. The Balaban J connectivity index is 1.67. The van der Waals surface area contributed by atoms with E-state index in [1.54, 1.807) is 0 Å². The molecule has 0 saturated carbocycles. The molecule has 0 N–H and O–H groups in total. The fourth-order valence-corrected chi connectivity index (χ4v) is 2.27. The Bertz CT molecular complexity index is 635. The minimum Gasteiger partial charge on any atom is -0.486 e. The Kier molecular flexibility index (Phi) is 7.71. The zero-order valence-corrected chi connectivity index (χ0v) is 15.1. The maximum Gasteiger partial charge on any atom is 0.343 e. The van der Waals surface area contributed by atoms with Crippen molar-refractivity contribution in [3.63, 3.8) is 0 Å². The third kappa shape index (κ3) is 6.68. The molecule has 6 heteroatoms. The van der Waals surface area contributed by atoms with Crippen molar-refractivity contribution in [3.05, 3.63) is 58.3 Å². The molecule has 24 heavy (non-hydrogen) atoms. The van der Waals surface area contributed by atoms with Crippen LogP contribution in [0.5, 0.6) is 0 Å². The molecule has 0 saturated heterocycles. The second-order valence-electron chi connectivity index (χ2n) is 5.09. The van der Waals surface area contributed by atoms with Gasteiger partial charge in [-0.1, -0.05) is 34.1 Å². The molecule has 0 fully saturated rings. The number of hydrogen-bond acceptors (Lipinski definition) is 5. The highest BCUT2D eigenvalue weighted by atomic mass is 79.9. The predicted octanol–water partition coefficient (Wildman–Crippen LogP) is 3.44. The van der Waals surface area contributed by atoms with Crippen molar-refractivity contribution >= 4 is 27.6 Å². The normalized spacial score (nSPS) is 15.2. The fraction of sp³-hybridized carbons (Fsp3) is 0.333. The average Bonchev–Trinajstić information content (AvgIpc) is 2.61. The summed E-state index contributed by atoms with van der Waals surface area (Å²) in [6.07, 6.45) is 6.18. The summed E-state index contributed by atoms with van der Waals surface area (Å²) in [6.45, 7) is 1.62. The molecule has 1 aromatic rings. The van der Waals surface area contributed by atoms with Gasteiger partial charge in [0.15, 0.2) is 6.61 Å². The quantitative estimate of drug-likeness (QED) is 0.501. The number of esters is 1. The van der Waals surface area contributed by atoms with Gasteiger partial charge in [-0.15, -0.1) is 0 Å². The lowest BCUT2D eigenvalue weighted by atomic mass is 10.1. The van der Waals surface area contributed by atoms with Crippen LogP contribution in [0.3, 0.4) is 0 Å². The Morgan fingerprint density at radius 3 is 2.83 bits per heavy atom. The zero-order valence-electron chi connectivity index (χ0n) is 13.5. The van der Waals surface area contributed by atoms with Crippen LogP contribution in [0.1, 0.15) is 12.0 Å². The van der Waals surface area contributed by atoms with E-state index in [1.807, 2.05) is 42.5 Å². The maximum atomic E-state index is 11.1. The van der Waals surface area contributed by atoms with Gasteiger partial charge in [0, 0.05) is 16.6 Å². The van der Waals surface area contributed by atoms with E-state index in [9.17, 15) is 4.79 Å². The molecule has 0 spiro atoms. The van der Waals surface area contributed by atoms with Gasteiger partial charge in [0.2, 0.25) is 0 Å². The van der Waals surface area contributed by atoms with Gasteiger partial charge in [0.05, 0.1) is 26.9 Å². The number of methoxy groups -OCH3 is 1. The SMILES string of the molecule is COC(=O)COC1=CC=CC(=NCCOCc2ccc(Br)cc2)C1. The number of nitrogens with zero attached hydrogens (tertiary/aromatic N) is 1. The predicted molar refractivity (Wildman–Crippen MR) is 95.9 cm³/mol. The summed E-state index contributed by atoms with van der Waals surface area (Å²) in [6, 6.07) is 8.03. The molecule has 0 heterocycles. The minimum atomic E-state index is -0.398. The molecule has 0 atom stereocenters. The monoisotopic (exact) mass is 393 g/mol. The molecular weight excluding hydrogens is 374 g/mol. The molecule has 0 aliphatic heterocycles. The van der Waals surface area contributed by atoms with Crippen LogP contribution in [-0.4, -0.2) is 38.5 Å². The third-order valence-corrected chi connectivity index (χ3v) is 3.79. The average molecular weight is 394 g/mol. The number of benzene rings is 1. The smallest absolute Gasteiger partial charge is 0.343 e. The molecule has 1 aliphatic rings. The highest BCUT2D eigenvalue weighted by Gasteiger charge is 2.09. The first kappa shape index (κ1) is 18.4. The minimum absolute atomic E-state index is 0.0836. The molecule has 1 aromatic carbocycles. The Labute approximate surface area is 150 Å². The van der Waals surface area contributed by atoms with Crippen LogP contribution in [0.2, 0.25) is 0 Å². The van der Waals surface area contributed by atoms with Gasteiger partial charge < -0.3 is 14.2 Å². The molecule has 0 aromatic heterocycles. The molecule has 128 valence electrons. The molecule has 0 unspecified atom stereocenters. The van der Waals surface area contributed by atoms with E-state index in [0.717, 1.165) is 15.7 Å². The van der Waals surface area contributed by atoms with Crippen LogP contribution in [-0.2, 0) is 25.6 Å². The van der Waals surface area contributed by atoms with Crippen molar-refractivity contribution in [2.24, 2.45) is 4.99 Å². The van der Waals surface area contributed by atoms with Crippen molar-refractivity contribution in [1.82, 2.24) is 0 Å². The summed E-state index contributed by atoms with van der Waals surface area (Å²) in [5.74, 6) is 0.308. The first-order chi connectivity index (χ1) is 11.7. The summed E-state index contributed by atoms with van der Waals surface area (Å²) < 4.78 is 16.6. The van der Waals surface area contributed by atoms with Crippen LogP contribution in [0.4, 0.5) is 0 Å². The van der Waals surface area contributed by atoms with E-state index in [2.05, 4.69) is 25.7 Å². The van der Waals surface area contributed by atoms with Gasteiger partial charge in [-0.2, -0.15) is 0 Å². The number of hydrogen-bond donors (Lipinski definition) is 0. The molecule has 0 bridgehead atoms. The summed E-state index contributed by atoms with van der Waals surface area (Å²) in [4.78, 5) is 15.6. The second kappa shape index (κ2) is 10.1. The maximum absolute atomic E-state index is 11.1. The van der Waals surface area contributed by atoms with Crippen molar-refractivity contribution in [2.45, 2.75) is 13.0 Å². The van der Waals surface area contributed by atoms with Crippen LogP contribution in [0.15, 0.2) is 57.7 Å². The largest absolute Gasteiger partial charge is 0.486 e. The lowest BCUT2D eigenvalue weighted by Crippen LogP contribution is -2.13. The van der Waals surface area contributed by atoms with Gasteiger partial charge in [-0.05, 0) is 29.8 Å². The van der Waals surface area contributed by atoms with Crippen molar-refractivity contribution < 1.29 is 19.0 Å². The summed E-state index contributed by atoms with van der Waals surface area (Å²) in [5, 5.41) is 0. The third-order valence-electron chi connectivity index (χ3n) is 3.26. The van der Waals surface area contributed by atoms with Gasteiger partial charge in [-0.3, -0.25) is 4.99 Å². The van der Waals surface area contributed by atoms with Crippen LogP contribution in [0, 0.1) is 0 Å². The standard InChI is InChI=1S/C18H20BrNO4/c1-22-18(21)13-24-17-4-2-3-16(11-17)20-9-10-23-12-14-5-7-15(19)8-6-14/h2-8H,9-13H2,1H3. The van der Waals surface area contributed by atoms with E-state index < -0.39 is 5.97 Å².